The van der Waals surface area contributed by atoms with Crippen molar-refractivity contribution >= 4 is 71.6 Å². The van der Waals surface area contributed by atoms with E-state index in [0.717, 1.165) is 61.4 Å². The molecule has 0 unspecified atom stereocenters. The third-order valence-electron chi connectivity index (χ3n) is 12.5. The highest BCUT2D eigenvalue weighted by atomic mass is 16.3. The van der Waals surface area contributed by atoms with E-state index < -0.39 is 0 Å². The van der Waals surface area contributed by atoms with Gasteiger partial charge in [-0.2, -0.15) is 0 Å². The normalized spacial score (nSPS) is 11.6. The number of benzene rings is 10. The van der Waals surface area contributed by atoms with Gasteiger partial charge in [-0.05, 0) is 118 Å². The Morgan fingerprint density at radius 3 is 1.68 bits per heavy atom. The quantitative estimate of drug-likeness (QED) is 0.160. The van der Waals surface area contributed by atoms with Gasteiger partial charge >= 0.3 is 0 Å². The molecule has 0 saturated heterocycles. The van der Waals surface area contributed by atoms with E-state index in [1.807, 2.05) is 0 Å². The van der Waals surface area contributed by atoms with Gasteiger partial charge in [0.05, 0.1) is 11.0 Å². The smallest absolute Gasteiger partial charge is 0.143 e. The molecule has 3 heteroatoms. The van der Waals surface area contributed by atoms with E-state index in [9.17, 15) is 0 Å². The predicted octanol–water partition coefficient (Wildman–Crippen LogP) is 16.6. The zero-order valence-corrected chi connectivity index (χ0v) is 34.2. The van der Waals surface area contributed by atoms with Crippen LogP contribution in [0.15, 0.2) is 229 Å². The Morgan fingerprint density at radius 2 is 0.952 bits per heavy atom. The molecule has 0 aliphatic heterocycles. The van der Waals surface area contributed by atoms with Gasteiger partial charge in [0.25, 0.3) is 0 Å². The number of fused-ring (bicyclic) bond motifs is 8. The number of hydrogen-bond acceptors (Lipinski definition) is 2. The van der Waals surface area contributed by atoms with Crippen LogP contribution in [0.3, 0.4) is 0 Å². The molecule has 2 heterocycles. The van der Waals surface area contributed by atoms with Crippen LogP contribution in [0.25, 0.3) is 93.6 Å². The maximum atomic E-state index is 6.63. The number of aromatic nitrogens is 1. The molecule has 0 bridgehead atoms. The summed E-state index contributed by atoms with van der Waals surface area (Å²) in [7, 11) is 0. The molecule has 292 valence electrons. The van der Waals surface area contributed by atoms with Crippen molar-refractivity contribution in [1.29, 1.82) is 0 Å². The predicted molar refractivity (Wildman–Crippen MR) is 261 cm³/mol. The molecule has 0 saturated carbocycles. The first-order chi connectivity index (χ1) is 30.7. The minimum atomic E-state index is 0.904. The molecule has 2 aromatic heterocycles. The molecule has 0 radical (unpaired) electrons. The maximum Gasteiger partial charge on any atom is 0.143 e. The maximum absolute atomic E-state index is 6.63. The highest BCUT2D eigenvalue weighted by molar-refractivity contribution is 6.20. The number of nitrogens with zero attached hydrogens (tertiary/aromatic N) is 2. The molecule has 0 atom stereocenters. The number of anilines is 3. The van der Waals surface area contributed by atoms with Crippen LogP contribution in [0, 0.1) is 6.92 Å². The van der Waals surface area contributed by atoms with Gasteiger partial charge in [0, 0.05) is 49.7 Å². The molecule has 0 fully saturated rings. The summed E-state index contributed by atoms with van der Waals surface area (Å²) in [5.41, 5.74) is 16.9. The van der Waals surface area contributed by atoms with E-state index in [-0.39, 0.29) is 0 Å². The topological polar surface area (TPSA) is 21.3 Å². The summed E-state index contributed by atoms with van der Waals surface area (Å²) in [6.45, 7) is 2.19. The van der Waals surface area contributed by atoms with Gasteiger partial charge in [0.1, 0.15) is 11.2 Å². The van der Waals surface area contributed by atoms with Gasteiger partial charge in [-0.1, -0.05) is 158 Å². The summed E-state index contributed by atoms with van der Waals surface area (Å²) < 4.78 is 9.01. The lowest BCUT2D eigenvalue weighted by Crippen LogP contribution is -2.10. The number of furan rings is 1. The number of hydrogen-bond donors (Lipinski definition) is 0. The van der Waals surface area contributed by atoms with Crippen LogP contribution in [0.4, 0.5) is 17.1 Å². The van der Waals surface area contributed by atoms with Crippen LogP contribution in [-0.4, -0.2) is 4.57 Å². The molecule has 0 spiro atoms. The summed E-state index contributed by atoms with van der Waals surface area (Å²) in [5.74, 6) is 0. The molecule has 10 aromatic carbocycles. The SMILES string of the molecule is Cc1cc2ccccc2c2oc3cccc(-c4ccc(N(c5ccc(-c6cccc(-n7c8ccccc8c8ccccc87)c6)cc5)c5cccc(-c6ccccc6)c5)cc4)c3c12. The standard InChI is InChI=1S/C59H40N2O/c1-39-36-45-16-5-6-21-51(45)59-57(39)58-50(24-13-27-56(58)62-59)42-30-34-47(35-31-42)60(48-19-11-17-43(37-48)40-14-3-2-4-15-40)46-32-28-41(29-33-46)44-18-12-20-49(38-44)61-54-25-9-7-22-52(54)53-23-8-10-26-55(53)61/h2-38H,1H3. The fourth-order valence-corrected chi connectivity index (χ4v) is 9.61. The highest BCUT2D eigenvalue weighted by Crippen LogP contribution is 2.43. The van der Waals surface area contributed by atoms with Gasteiger partial charge in [-0.15, -0.1) is 0 Å². The second kappa shape index (κ2) is 14.5. The van der Waals surface area contributed by atoms with Crippen LogP contribution in [-0.2, 0) is 0 Å². The monoisotopic (exact) mass is 792 g/mol. The number of rotatable bonds is 7. The van der Waals surface area contributed by atoms with Gasteiger partial charge in [-0.25, -0.2) is 0 Å². The van der Waals surface area contributed by atoms with Crippen LogP contribution < -0.4 is 4.90 Å². The zero-order chi connectivity index (χ0) is 41.1. The molecule has 0 aliphatic carbocycles. The Hall–Kier alpha value is -8.14. The molecular formula is C59H40N2O. The van der Waals surface area contributed by atoms with Crippen molar-refractivity contribution in [3.05, 3.63) is 230 Å². The second-order valence-electron chi connectivity index (χ2n) is 16.2. The van der Waals surface area contributed by atoms with E-state index in [0.29, 0.717) is 0 Å². The van der Waals surface area contributed by atoms with E-state index >= 15 is 0 Å². The molecule has 0 aliphatic rings. The van der Waals surface area contributed by atoms with Gasteiger partial charge in [-0.3, -0.25) is 0 Å². The summed E-state index contributed by atoms with van der Waals surface area (Å²) in [5, 5.41) is 7.19. The summed E-state index contributed by atoms with van der Waals surface area (Å²) in [6, 6.07) is 80.9. The first kappa shape index (κ1) is 35.8. The van der Waals surface area contributed by atoms with E-state index in [1.54, 1.807) is 0 Å². The Kier molecular flexibility index (Phi) is 8.39. The van der Waals surface area contributed by atoms with Gasteiger partial charge < -0.3 is 13.9 Å². The summed E-state index contributed by atoms with van der Waals surface area (Å²) in [6.07, 6.45) is 0. The Bertz CT molecular complexity index is 3580. The lowest BCUT2D eigenvalue weighted by Gasteiger charge is -2.26. The molecule has 12 rings (SSSR count). The molecule has 12 aromatic rings. The second-order valence-corrected chi connectivity index (χ2v) is 16.2. The minimum Gasteiger partial charge on any atom is -0.455 e. The van der Waals surface area contributed by atoms with Crippen molar-refractivity contribution in [3.63, 3.8) is 0 Å². The third-order valence-corrected chi connectivity index (χ3v) is 12.5. The average Bonchev–Trinajstić information content (AvgIpc) is 3.90. The zero-order valence-electron chi connectivity index (χ0n) is 34.2. The van der Waals surface area contributed by atoms with Crippen LogP contribution in [0.5, 0.6) is 0 Å². The van der Waals surface area contributed by atoms with Crippen molar-refractivity contribution in [3.8, 4) is 39.1 Å². The average molecular weight is 793 g/mol. The Morgan fingerprint density at radius 1 is 0.387 bits per heavy atom. The Balaban J connectivity index is 0.949. The van der Waals surface area contributed by atoms with Crippen molar-refractivity contribution in [2.75, 3.05) is 4.90 Å². The fraction of sp³-hybridized carbons (Fsp3) is 0.0169. The Labute approximate surface area is 360 Å². The van der Waals surface area contributed by atoms with Gasteiger partial charge in [0.15, 0.2) is 0 Å². The first-order valence-corrected chi connectivity index (χ1v) is 21.2. The molecule has 62 heavy (non-hydrogen) atoms. The van der Waals surface area contributed by atoms with Crippen molar-refractivity contribution < 1.29 is 4.42 Å². The molecule has 0 N–H and O–H groups in total. The lowest BCUT2D eigenvalue weighted by molar-refractivity contribution is 0.672. The van der Waals surface area contributed by atoms with Crippen LogP contribution in [0.1, 0.15) is 5.56 Å². The van der Waals surface area contributed by atoms with Crippen LogP contribution >= 0.6 is 0 Å². The van der Waals surface area contributed by atoms with Crippen molar-refractivity contribution in [1.82, 2.24) is 4.57 Å². The summed E-state index contributed by atoms with van der Waals surface area (Å²) in [4.78, 5) is 2.36. The number of para-hydroxylation sites is 2. The third kappa shape index (κ3) is 5.89. The van der Waals surface area contributed by atoms with Crippen molar-refractivity contribution in [2.24, 2.45) is 0 Å². The van der Waals surface area contributed by atoms with Crippen molar-refractivity contribution in [2.45, 2.75) is 6.92 Å². The van der Waals surface area contributed by atoms with Gasteiger partial charge in [0.2, 0.25) is 0 Å². The largest absolute Gasteiger partial charge is 0.455 e. The summed E-state index contributed by atoms with van der Waals surface area (Å²) >= 11 is 0. The van der Waals surface area contributed by atoms with E-state index in [4.69, 9.17) is 4.42 Å². The minimum absolute atomic E-state index is 0.904. The lowest BCUT2D eigenvalue weighted by atomic mass is 9.95. The number of aryl methyl sites for hydroxylation is 1. The first-order valence-electron chi connectivity index (χ1n) is 21.2. The molecule has 3 nitrogen and oxygen atoms in total. The highest BCUT2D eigenvalue weighted by Gasteiger charge is 2.19. The molecule has 0 amide bonds. The molecular weight excluding hydrogens is 753 g/mol. The van der Waals surface area contributed by atoms with E-state index in [1.165, 1.54) is 54.8 Å². The van der Waals surface area contributed by atoms with E-state index in [2.05, 4.69) is 241 Å². The van der Waals surface area contributed by atoms with Crippen LogP contribution in [0.2, 0.25) is 0 Å². The fourth-order valence-electron chi connectivity index (χ4n) is 9.61.